The van der Waals surface area contributed by atoms with Crippen molar-refractivity contribution in [3.05, 3.63) is 66.1 Å². The molecule has 7 nitrogen and oxygen atoms in total. The molecule has 7 heteroatoms. The molecule has 1 aliphatic carbocycles. The predicted molar refractivity (Wildman–Crippen MR) is 116 cm³/mol. The number of nitrogens with zero attached hydrogens (tertiary/aromatic N) is 3. The van der Waals surface area contributed by atoms with Crippen molar-refractivity contribution in [2.45, 2.75) is 38.3 Å². The smallest absolute Gasteiger partial charge is 0.244 e. The Kier molecular flexibility index (Phi) is 5.39. The number of rotatable bonds is 6. The highest BCUT2D eigenvalue weighted by Gasteiger charge is 2.22. The topological polar surface area (TPSA) is 78.3 Å². The van der Waals surface area contributed by atoms with Crippen LogP contribution >= 0.6 is 0 Å². The van der Waals surface area contributed by atoms with E-state index in [-0.39, 0.29) is 12.7 Å². The van der Waals surface area contributed by atoms with Crippen LogP contribution < -0.4 is 14.8 Å². The summed E-state index contributed by atoms with van der Waals surface area (Å²) in [5, 5.41) is 7.76. The number of hydrogen-bond acceptors (Lipinski definition) is 5. The lowest BCUT2D eigenvalue weighted by Crippen LogP contribution is -2.20. The van der Waals surface area contributed by atoms with Gasteiger partial charge in [0, 0.05) is 24.0 Å². The van der Waals surface area contributed by atoms with Crippen LogP contribution in [0.25, 0.3) is 17.3 Å². The molecule has 1 N–H and O–H groups in total. The Hall–Kier alpha value is -3.61. The highest BCUT2D eigenvalue weighted by Crippen LogP contribution is 2.34. The van der Waals surface area contributed by atoms with Gasteiger partial charge in [-0.1, -0.05) is 18.9 Å². The van der Waals surface area contributed by atoms with E-state index in [1.807, 2.05) is 30.3 Å². The van der Waals surface area contributed by atoms with Crippen LogP contribution in [0.2, 0.25) is 0 Å². The van der Waals surface area contributed by atoms with Gasteiger partial charge in [0.1, 0.15) is 0 Å². The Bertz CT molecular complexity index is 1100. The minimum absolute atomic E-state index is 0.168. The third-order valence-electron chi connectivity index (χ3n) is 5.70. The number of carbonyl (C=O) groups is 1. The fraction of sp³-hybridized carbons (Fsp3) is 0.292. The van der Waals surface area contributed by atoms with Crippen LogP contribution in [0.5, 0.6) is 11.5 Å². The van der Waals surface area contributed by atoms with Crippen molar-refractivity contribution in [3.63, 3.8) is 0 Å². The Balaban J connectivity index is 1.27. The van der Waals surface area contributed by atoms with Crippen molar-refractivity contribution in [1.29, 1.82) is 0 Å². The van der Waals surface area contributed by atoms with Gasteiger partial charge in [-0.2, -0.15) is 5.10 Å². The summed E-state index contributed by atoms with van der Waals surface area (Å²) in [5.41, 5.74) is 3.90. The number of benzene rings is 1. The van der Waals surface area contributed by atoms with Crippen molar-refractivity contribution < 1.29 is 14.3 Å². The second-order valence-corrected chi connectivity index (χ2v) is 7.80. The van der Waals surface area contributed by atoms with Crippen LogP contribution in [0.4, 0.5) is 0 Å². The molecule has 0 radical (unpaired) electrons. The minimum Gasteiger partial charge on any atom is -0.454 e. The summed E-state index contributed by atoms with van der Waals surface area (Å²) < 4.78 is 12.8. The van der Waals surface area contributed by atoms with Gasteiger partial charge in [-0.05, 0) is 54.8 Å². The predicted octanol–water partition coefficient (Wildman–Crippen LogP) is 4.12. The molecular weight excluding hydrogens is 392 g/mol. The quantitative estimate of drug-likeness (QED) is 0.612. The number of hydrogen-bond donors (Lipinski definition) is 1. The van der Waals surface area contributed by atoms with Crippen LogP contribution in [0, 0.1) is 0 Å². The molecular formula is C24H24N4O3. The molecule has 1 aromatic carbocycles. The highest BCUT2D eigenvalue weighted by molar-refractivity contribution is 5.91. The zero-order valence-corrected chi connectivity index (χ0v) is 17.2. The molecule has 31 heavy (non-hydrogen) atoms. The van der Waals surface area contributed by atoms with Gasteiger partial charge in [0.2, 0.25) is 12.7 Å². The molecule has 5 rings (SSSR count). The normalized spacial score (nSPS) is 15.6. The summed E-state index contributed by atoms with van der Waals surface area (Å²) in [4.78, 5) is 16.5. The van der Waals surface area contributed by atoms with Crippen LogP contribution in [-0.4, -0.2) is 27.5 Å². The maximum absolute atomic E-state index is 12.3. The molecule has 2 aliphatic rings. The van der Waals surface area contributed by atoms with Gasteiger partial charge in [0.15, 0.2) is 11.5 Å². The van der Waals surface area contributed by atoms with Crippen LogP contribution in [0.1, 0.15) is 43.0 Å². The summed E-state index contributed by atoms with van der Waals surface area (Å²) in [6.45, 7) is 0.611. The summed E-state index contributed by atoms with van der Waals surface area (Å²) in [5.74, 6) is 1.26. The van der Waals surface area contributed by atoms with Gasteiger partial charge in [-0.3, -0.25) is 14.5 Å². The molecule has 158 valence electrons. The molecule has 1 fully saturated rings. The summed E-state index contributed by atoms with van der Waals surface area (Å²) in [6, 6.07) is 12.1. The molecule has 3 heterocycles. The third kappa shape index (κ3) is 4.30. The molecule has 0 spiro atoms. The molecule has 0 bridgehead atoms. The van der Waals surface area contributed by atoms with Gasteiger partial charge < -0.3 is 14.8 Å². The van der Waals surface area contributed by atoms with E-state index in [0.29, 0.717) is 18.3 Å². The fourth-order valence-corrected chi connectivity index (χ4v) is 4.12. The monoisotopic (exact) mass is 416 g/mol. The molecule has 2 aromatic heterocycles. The number of aromatic nitrogens is 3. The first-order chi connectivity index (χ1) is 15.3. The van der Waals surface area contributed by atoms with Gasteiger partial charge in [0.05, 0.1) is 24.0 Å². The minimum atomic E-state index is -0.168. The van der Waals surface area contributed by atoms with E-state index >= 15 is 0 Å². The van der Waals surface area contributed by atoms with Crippen LogP contribution in [-0.2, 0) is 11.3 Å². The number of fused-ring (bicyclic) bond motifs is 1. The molecule has 1 saturated carbocycles. The average Bonchev–Trinajstić information content (AvgIpc) is 3.56. The fourth-order valence-electron chi connectivity index (χ4n) is 4.12. The van der Waals surface area contributed by atoms with E-state index in [0.717, 1.165) is 41.1 Å². The van der Waals surface area contributed by atoms with Gasteiger partial charge in [0.25, 0.3) is 0 Å². The lowest BCUT2D eigenvalue weighted by Gasteiger charge is -2.14. The lowest BCUT2D eigenvalue weighted by molar-refractivity contribution is -0.116. The number of carbonyl (C=O) groups excluding carboxylic acids is 1. The molecule has 0 atom stereocenters. The Morgan fingerprint density at radius 2 is 1.90 bits per heavy atom. The van der Waals surface area contributed by atoms with Crippen molar-refractivity contribution >= 4 is 12.0 Å². The third-order valence-corrected chi connectivity index (χ3v) is 5.70. The Morgan fingerprint density at radius 1 is 1.10 bits per heavy atom. The van der Waals surface area contributed by atoms with Crippen molar-refractivity contribution in [3.8, 4) is 22.8 Å². The number of ether oxygens (including phenoxy) is 2. The standard InChI is InChI=1S/C24H24N4O3/c29-24(8-6-17-5-7-22-23(13-17)31-16-30-22)26-15-19-14-21(18-9-11-25-12-10-18)28(27-19)20-3-1-2-4-20/h5-14,20H,1-4,15-16H2,(H,26,29)/b8-6+. The first kappa shape index (κ1) is 19.4. The van der Waals surface area contributed by atoms with Crippen molar-refractivity contribution in [2.24, 2.45) is 0 Å². The van der Waals surface area contributed by atoms with Gasteiger partial charge in [-0.25, -0.2) is 0 Å². The molecule has 0 unspecified atom stereocenters. The first-order valence-electron chi connectivity index (χ1n) is 10.6. The van der Waals surface area contributed by atoms with Crippen molar-refractivity contribution in [2.75, 3.05) is 6.79 Å². The average molecular weight is 416 g/mol. The molecule has 1 amide bonds. The first-order valence-corrected chi connectivity index (χ1v) is 10.6. The molecule has 1 aliphatic heterocycles. The zero-order valence-electron chi connectivity index (χ0n) is 17.2. The summed E-state index contributed by atoms with van der Waals surface area (Å²) in [7, 11) is 0. The van der Waals surface area contributed by atoms with Gasteiger partial charge >= 0.3 is 0 Å². The van der Waals surface area contributed by atoms with E-state index in [4.69, 9.17) is 14.6 Å². The lowest BCUT2D eigenvalue weighted by atomic mass is 10.1. The number of nitrogens with one attached hydrogen (secondary N) is 1. The summed E-state index contributed by atoms with van der Waals surface area (Å²) >= 11 is 0. The zero-order chi connectivity index (χ0) is 21.0. The molecule has 3 aromatic rings. The maximum Gasteiger partial charge on any atom is 0.244 e. The maximum atomic E-state index is 12.3. The Labute approximate surface area is 180 Å². The van der Waals surface area contributed by atoms with Crippen LogP contribution in [0.15, 0.2) is 54.9 Å². The van der Waals surface area contributed by atoms with E-state index in [1.54, 1.807) is 18.5 Å². The highest BCUT2D eigenvalue weighted by atomic mass is 16.7. The molecule has 0 saturated heterocycles. The SMILES string of the molecule is O=C(/C=C/c1ccc2c(c1)OCO2)NCc1cc(-c2ccncc2)n(C2CCCC2)n1. The van der Waals surface area contributed by atoms with Crippen molar-refractivity contribution in [1.82, 2.24) is 20.1 Å². The number of pyridine rings is 1. The second-order valence-electron chi connectivity index (χ2n) is 7.80. The van der Waals surface area contributed by atoms with Gasteiger partial charge in [-0.15, -0.1) is 0 Å². The number of amides is 1. The largest absolute Gasteiger partial charge is 0.454 e. The van der Waals surface area contributed by atoms with E-state index < -0.39 is 0 Å². The Morgan fingerprint density at radius 3 is 2.74 bits per heavy atom. The second kappa shape index (κ2) is 8.63. The van der Waals surface area contributed by atoms with E-state index in [9.17, 15) is 4.79 Å². The summed E-state index contributed by atoms with van der Waals surface area (Å²) in [6.07, 6.45) is 11.6. The van der Waals surface area contributed by atoms with E-state index in [2.05, 4.69) is 21.0 Å². The van der Waals surface area contributed by atoms with Crippen LogP contribution in [0.3, 0.4) is 0 Å². The van der Waals surface area contributed by atoms with E-state index in [1.165, 1.54) is 18.9 Å².